The molecule has 1 fully saturated rings. The van der Waals surface area contributed by atoms with Crippen molar-refractivity contribution in [3.8, 4) is 0 Å². The molecule has 0 amide bonds. The molecule has 4 rings (SSSR count). The third kappa shape index (κ3) is 3.67. The highest BCUT2D eigenvalue weighted by molar-refractivity contribution is 5.85. The minimum atomic E-state index is 0. The predicted molar refractivity (Wildman–Crippen MR) is 97.7 cm³/mol. The van der Waals surface area contributed by atoms with Gasteiger partial charge < -0.3 is 4.90 Å². The molecule has 1 aromatic carbocycles. The lowest BCUT2D eigenvalue weighted by atomic mass is 9.98. The van der Waals surface area contributed by atoms with Crippen molar-refractivity contribution >= 4 is 23.8 Å². The molecular weight excluding hydrogens is 306 g/mol. The Kier molecular flexibility index (Phi) is 4.88. The van der Waals surface area contributed by atoms with E-state index in [1.54, 1.807) is 0 Å². The zero-order chi connectivity index (χ0) is 14.9. The van der Waals surface area contributed by atoms with Gasteiger partial charge in [0.2, 0.25) is 0 Å². The van der Waals surface area contributed by atoms with Gasteiger partial charge in [-0.25, -0.2) is 0 Å². The van der Waals surface area contributed by atoms with Crippen LogP contribution >= 0.6 is 12.4 Å². The number of aromatic nitrogens is 1. The number of halogens is 1. The molecule has 3 nitrogen and oxygen atoms in total. The first-order valence-electron chi connectivity index (χ1n) is 8.27. The second kappa shape index (κ2) is 6.90. The molecule has 1 aliphatic heterocycles. The molecule has 0 saturated heterocycles. The fraction of sp³-hybridized carbons (Fsp3) is 0.421. The fourth-order valence-corrected chi connectivity index (χ4v) is 3.33. The van der Waals surface area contributed by atoms with Gasteiger partial charge in [0.05, 0.1) is 11.9 Å². The molecule has 2 heterocycles. The van der Waals surface area contributed by atoms with E-state index in [2.05, 4.69) is 46.1 Å². The number of anilines is 2. The standard InChI is InChI=1S/C19H23N3.ClH/c1-21(19-3-2-9-20-12-19)18-7-6-16-8-10-22(13-15-4-5-15)14-17(16)11-18;/h2-3,6-7,9,11-12,15H,4-5,8,10,13-14H2,1H3;1H. The number of hydrogen-bond donors (Lipinski definition) is 0. The summed E-state index contributed by atoms with van der Waals surface area (Å²) in [5.74, 6) is 0.975. The van der Waals surface area contributed by atoms with E-state index in [1.807, 2.05) is 18.5 Å². The van der Waals surface area contributed by atoms with E-state index in [0.29, 0.717) is 0 Å². The lowest BCUT2D eigenvalue weighted by molar-refractivity contribution is 0.244. The average Bonchev–Trinajstić information content (AvgIpc) is 3.38. The van der Waals surface area contributed by atoms with Crippen molar-refractivity contribution in [2.75, 3.05) is 25.0 Å². The normalized spacial score (nSPS) is 17.3. The van der Waals surface area contributed by atoms with Gasteiger partial charge in [0, 0.05) is 38.6 Å². The molecule has 0 radical (unpaired) electrons. The first-order valence-corrected chi connectivity index (χ1v) is 8.27. The number of nitrogens with zero attached hydrogens (tertiary/aromatic N) is 3. The van der Waals surface area contributed by atoms with Crippen LogP contribution in [0.2, 0.25) is 0 Å². The minimum Gasteiger partial charge on any atom is -0.343 e. The van der Waals surface area contributed by atoms with Crippen LogP contribution in [0.3, 0.4) is 0 Å². The van der Waals surface area contributed by atoms with E-state index in [4.69, 9.17) is 0 Å². The molecule has 122 valence electrons. The van der Waals surface area contributed by atoms with Crippen molar-refractivity contribution in [1.82, 2.24) is 9.88 Å². The molecule has 0 unspecified atom stereocenters. The molecule has 4 heteroatoms. The zero-order valence-corrected chi connectivity index (χ0v) is 14.4. The molecule has 2 aliphatic rings. The van der Waals surface area contributed by atoms with Crippen LogP contribution in [0.5, 0.6) is 0 Å². The highest BCUT2D eigenvalue weighted by atomic mass is 35.5. The van der Waals surface area contributed by atoms with E-state index >= 15 is 0 Å². The van der Waals surface area contributed by atoms with E-state index in [1.165, 1.54) is 49.2 Å². The Hall–Kier alpha value is -1.58. The highest BCUT2D eigenvalue weighted by Crippen LogP contribution is 2.32. The SMILES string of the molecule is CN(c1cccnc1)c1ccc2c(c1)CN(CC1CC1)CC2.Cl. The van der Waals surface area contributed by atoms with Gasteiger partial charge in [-0.2, -0.15) is 0 Å². The van der Waals surface area contributed by atoms with Gasteiger partial charge in [0.15, 0.2) is 0 Å². The molecule has 0 atom stereocenters. The van der Waals surface area contributed by atoms with Gasteiger partial charge in [0.25, 0.3) is 0 Å². The molecule has 1 aromatic heterocycles. The molecule has 0 bridgehead atoms. The van der Waals surface area contributed by atoms with Gasteiger partial charge in [-0.3, -0.25) is 9.88 Å². The van der Waals surface area contributed by atoms with Gasteiger partial charge in [-0.1, -0.05) is 6.07 Å². The van der Waals surface area contributed by atoms with Crippen molar-refractivity contribution in [2.45, 2.75) is 25.8 Å². The lowest BCUT2D eigenvalue weighted by Gasteiger charge is -2.30. The van der Waals surface area contributed by atoms with Gasteiger partial charge in [0.1, 0.15) is 0 Å². The highest BCUT2D eigenvalue weighted by Gasteiger charge is 2.26. The smallest absolute Gasteiger partial charge is 0.0594 e. The van der Waals surface area contributed by atoms with E-state index in [9.17, 15) is 0 Å². The Morgan fingerprint density at radius 2 is 2.04 bits per heavy atom. The topological polar surface area (TPSA) is 19.4 Å². The number of fused-ring (bicyclic) bond motifs is 1. The van der Waals surface area contributed by atoms with E-state index in [0.717, 1.165) is 18.2 Å². The molecule has 23 heavy (non-hydrogen) atoms. The maximum absolute atomic E-state index is 4.22. The van der Waals surface area contributed by atoms with Crippen LogP contribution in [0, 0.1) is 5.92 Å². The Balaban J connectivity index is 0.00000156. The average molecular weight is 330 g/mol. The van der Waals surface area contributed by atoms with Crippen LogP contribution < -0.4 is 4.90 Å². The Bertz CT molecular complexity index is 655. The summed E-state index contributed by atoms with van der Waals surface area (Å²) in [6.07, 6.45) is 7.80. The molecule has 1 aliphatic carbocycles. The van der Waals surface area contributed by atoms with Crippen LogP contribution in [-0.4, -0.2) is 30.0 Å². The van der Waals surface area contributed by atoms with Gasteiger partial charge in [-0.15, -0.1) is 12.4 Å². The molecular formula is C19H24ClN3. The summed E-state index contributed by atoms with van der Waals surface area (Å²) in [7, 11) is 2.11. The summed E-state index contributed by atoms with van der Waals surface area (Å²) < 4.78 is 0. The predicted octanol–water partition coefficient (Wildman–Crippen LogP) is 4.04. The summed E-state index contributed by atoms with van der Waals surface area (Å²) in [6, 6.07) is 11.0. The zero-order valence-electron chi connectivity index (χ0n) is 13.6. The van der Waals surface area contributed by atoms with Crippen molar-refractivity contribution in [2.24, 2.45) is 5.92 Å². The number of hydrogen-bond acceptors (Lipinski definition) is 3. The molecule has 1 saturated carbocycles. The molecule has 0 spiro atoms. The third-order valence-electron chi connectivity index (χ3n) is 4.92. The van der Waals surface area contributed by atoms with E-state index in [-0.39, 0.29) is 12.4 Å². The summed E-state index contributed by atoms with van der Waals surface area (Å²) in [6.45, 7) is 3.63. The van der Waals surface area contributed by atoms with Crippen LogP contribution in [-0.2, 0) is 13.0 Å². The second-order valence-corrected chi connectivity index (χ2v) is 6.65. The molecule has 2 aromatic rings. The van der Waals surface area contributed by atoms with Gasteiger partial charge in [-0.05, 0) is 60.6 Å². The summed E-state index contributed by atoms with van der Waals surface area (Å²) in [4.78, 5) is 9.07. The summed E-state index contributed by atoms with van der Waals surface area (Å²) in [5.41, 5.74) is 5.41. The largest absolute Gasteiger partial charge is 0.343 e. The van der Waals surface area contributed by atoms with Crippen LogP contribution in [0.25, 0.3) is 0 Å². The first kappa shape index (κ1) is 16.3. The lowest BCUT2D eigenvalue weighted by Crippen LogP contribution is -2.32. The Morgan fingerprint density at radius 3 is 2.78 bits per heavy atom. The first-order chi connectivity index (χ1) is 10.8. The maximum Gasteiger partial charge on any atom is 0.0594 e. The number of rotatable bonds is 4. The third-order valence-corrected chi connectivity index (χ3v) is 4.92. The van der Waals surface area contributed by atoms with Crippen LogP contribution in [0.15, 0.2) is 42.7 Å². The maximum atomic E-state index is 4.22. The van der Waals surface area contributed by atoms with Crippen molar-refractivity contribution in [3.05, 3.63) is 53.9 Å². The van der Waals surface area contributed by atoms with Crippen LogP contribution in [0.4, 0.5) is 11.4 Å². The molecule has 0 N–H and O–H groups in total. The Morgan fingerprint density at radius 1 is 1.17 bits per heavy atom. The van der Waals surface area contributed by atoms with Crippen molar-refractivity contribution < 1.29 is 0 Å². The monoisotopic (exact) mass is 329 g/mol. The second-order valence-electron chi connectivity index (χ2n) is 6.65. The number of benzene rings is 1. The fourth-order valence-electron chi connectivity index (χ4n) is 3.33. The summed E-state index contributed by atoms with van der Waals surface area (Å²) in [5, 5.41) is 0. The van der Waals surface area contributed by atoms with Gasteiger partial charge >= 0.3 is 0 Å². The Labute approximate surface area is 144 Å². The van der Waals surface area contributed by atoms with Crippen molar-refractivity contribution in [3.63, 3.8) is 0 Å². The minimum absolute atomic E-state index is 0. The van der Waals surface area contributed by atoms with Crippen molar-refractivity contribution in [1.29, 1.82) is 0 Å². The van der Waals surface area contributed by atoms with Crippen LogP contribution in [0.1, 0.15) is 24.0 Å². The number of pyridine rings is 1. The summed E-state index contributed by atoms with van der Waals surface area (Å²) >= 11 is 0. The van der Waals surface area contributed by atoms with E-state index < -0.39 is 0 Å². The quantitative estimate of drug-likeness (QED) is 0.844.